The number of methoxy groups -OCH3 is 2. The number of ether oxygens (including phenoxy) is 2. The first-order valence-electron chi connectivity index (χ1n) is 4.22. The van der Waals surface area contributed by atoms with Crippen molar-refractivity contribution in [1.29, 1.82) is 10.5 Å². The molecule has 0 fully saturated rings. The van der Waals surface area contributed by atoms with E-state index in [0.717, 1.165) is 0 Å². The summed E-state index contributed by atoms with van der Waals surface area (Å²) < 4.78 is 9.80. The first kappa shape index (κ1) is 11.5. The van der Waals surface area contributed by atoms with Gasteiger partial charge in [0.25, 0.3) is 0 Å². The topological polar surface area (TPSA) is 91.8 Å². The quantitative estimate of drug-likeness (QED) is 0.697. The van der Waals surface area contributed by atoms with E-state index in [-0.39, 0.29) is 17.5 Å². The molecule has 1 rings (SSSR count). The van der Waals surface area contributed by atoms with Crippen molar-refractivity contribution in [3.8, 4) is 24.0 Å². The van der Waals surface area contributed by atoms with Gasteiger partial charge in [-0.3, -0.25) is 0 Å². The Labute approximate surface area is 92.4 Å². The van der Waals surface area contributed by atoms with Crippen molar-refractivity contribution < 1.29 is 9.47 Å². The Morgan fingerprint density at radius 1 is 1.31 bits per heavy atom. The second kappa shape index (κ2) is 5.32. The van der Waals surface area contributed by atoms with Crippen LogP contribution in [0, 0.1) is 22.7 Å². The first-order valence-corrected chi connectivity index (χ1v) is 4.22. The second-order valence-corrected chi connectivity index (χ2v) is 2.60. The number of nitrogens with zero attached hydrogens (tertiary/aromatic N) is 4. The molecule has 0 bridgehead atoms. The van der Waals surface area contributed by atoms with E-state index in [0.29, 0.717) is 5.56 Å². The highest BCUT2D eigenvalue weighted by molar-refractivity contribution is 5.64. The normalized spacial score (nSPS) is 8.50. The maximum atomic E-state index is 8.60. The van der Waals surface area contributed by atoms with Gasteiger partial charge in [0.2, 0.25) is 5.88 Å². The van der Waals surface area contributed by atoms with Crippen LogP contribution < -0.4 is 9.47 Å². The van der Waals surface area contributed by atoms with Gasteiger partial charge >= 0.3 is 6.01 Å². The summed E-state index contributed by atoms with van der Waals surface area (Å²) in [7, 11) is 2.86. The second-order valence-electron chi connectivity index (χ2n) is 2.60. The van der Waals surface area contributed by atoms with Gasteiger partial charge in [0.15, 0.2) is 0 Å². The van der Waals surface area contributed by atoms with Crippen LogP contribution >= 0.6 is 0 Å². The van der Waals surface area contributed by atoms with Gasteiger partial charge in [-0.2, -0.15) is 15.5 Å². The van der Waals surface area contributed by atoms with Crippen LogP contribution in [-0.4, -0.2) is 24.2 Å². The zero-order valence-corrected chi connectivity index (χ0v) is 8.76. The lowest BCUT2D eigenvalue weighted by molar-refractivity contribution is 0.351. The van der Waals surface area contributed by atoms with Gasteiger partial charge in [-0.1, -0.05) is 0 Å². The van der Waals surface area contributed by atoms with Gasteiger partial charge in [-0.25, -0.2) is 4.98 Å². The summed E-state index contributed by atoms with van der Waals surface area (Å²) in [5.74, 6) is 0.245. The Bertz CT molecular complexity index is 481. The molecule has 0 aliphatic carbocycles. The highest BCUT2D eigenvalue weighted by Gasteiger charge is 2.06. The fourth-order valence-electron chi connectivity index (χ4n) is 0.966. The van der Waals surface area contributed by atoms with E-state index in [4.69, 9.17) is 20.0 Å². The molecular weight excluding hydrogens is 208 g/mol. The molecule has 0 aromatic carbocycles. The zero-order valence-electron chi connectivity index (χ0n) is 8.76. The van der Waals surface area contributed by atoms with E-state index >= 15 is 0 Å². The van der Waals surface area contributed by atoms with Crippen LogP contribution in [0.5, 0.6) is 11.9 Å². The predicted octanol–water partition coefficient (Wildman–Crippen LogP) is 0.924. The average Bonchev–Trinajstić information content (AvgIpc) is 2.35. The Morgan fingerprint density at radius 2 is 2.00 bits per heavy atom. The maximum Gasteiger partial charge on any atom is 0.319 e. The van der Waals surface area contributed by atoms with Gasteiger partial charge < -0.3 is 9.47 Å². The lowest BCUT2D eigenvalue weighted by Gasteiger charge is -2.04. The van der Waals surface area contributed by atoms with Crippen molar-refractivity contribution in [2.45, 2.75) is 0 Å². The van der Waals surface area contributed by atoms with E-state index in [1.54, 1.807) is 12.1 Å². The number of nitriles is 2. The summed E-state index contributed by atoms with van der Waals surface area (Å²) in [6.07, 6.45) is 2.76. The SMILES string of the molecule is COc1ncc(C=C(C#N)C#N)c(OC)n1. The smallest absolute Gasteiger partial charge is 0.319 e. The highest BCUT2D eigenvalue weighted by atomic mass is 16.5. The van der Waals surface area contributed by atoms with Gasteiger partial charge in [0.05, 0.1) is 19.8 Å². The van der Waals surface area contributed by atoms with Crippen LogP contribution in [0.2, 0.25) is 0 Å². The molecule has 0 saturated carbocycles. The molecule has 1 heterocycles. The molecule has 80 valence electrons. The molecule has 0 unspecified atom stereocenters. The third kappa shape index (κ3) is 2.46. The number of aromatic nitrogens is 2. The minimum absolute atomic E-state index is 0.0490. The Balaban J connectivity index is 3.21. The lowest BCUT2D eigenvalue weighted by atomic mass is 10.2. The molecule has 0 amide bonds. The molecule has 6 heteroatoms. The van der Waals surface area contributed by atoms with Crippen LogP contribution in [0.1, 0.15) is 5.56 Å². The molecule has 0 atom stereocenters. The Kier molecular flexibility index (Phi) is 3.82. The van der Waals surface area contributed by atoms with Crippen LogP contribution in [0.3, 0.4) is 0 Å². The van der Waals surface area contributed by atoms with Crippen molar-refractivity contribution in [3.63, 3.8) is 0 Å². The van der Waals surface area contributed by atoms with Gasteiger partial charge in [0, 0.05) is 6.20 Å². The molecule has 1 aromatic heterocycles. The van der Waals surface area contributed by atoms with E-state index in [1.807, 2.05) is 0 Å². The summed E-state index contributed by atoms with van der Waals surface area (Å²) in [4.78, 5) is 7.76. The Hall–Kier alpha value is -2.60. The minimum Gasteiger partial charge on any atom is -0.480 e. The molecular formula is C10H8N4O2. The standard InChI is InChI=1S/C10H8N4O2/c1-15-9-8(3-7(4-11)5-12)6-13-10(14-9)16-2/h3,6H,1-2H3. The molecule has 16 heavy (non-hydrogen) atoms. The predicted molar refractivity (Wildman–Crippen MR) is 54.3 cm³/mol. The third-order valence-corrected chi connectivity index (χ3v) is 1.67. The summed E-state index contributed by atoms with van der Waals surface area (Å²) in [5, 5.41) is 17.2. The van der Waals surface area contributed by atoms with Crippen molar-refractivity contribution in [2.75, 3.05) is 14.2 Å². The molecule has 0 spiro atoms. The molecule has 0 aliphatic heterocycles. The van der Waals surface area contributed by atoms with Crippen LogP contribution in [0.4, 0.5) is 0 Å². The third-order valence-electron chi connectivity index (χ3n) is 1.67. The zero-order chi connectivity index (χ0) is 12.0. The molecule has 0 N–H and O–H groups in total. The summed E-state index contributed by atoms with van der Waals surface area (Å²) in [6, 6.07) is 3.63. The van der Waals surface area contributed by atoms with Crippen molar-refractivity contribution >= 4 is 6.08 Å². The first-order chi connectivity index (χ1) is 7.74. The van der Waals surface area contributed by atoms with Crippen LogP contribution in [0.25, 0.3) is 6.08 Å². The minimum atomic E-state index is -0.0490. The molecule has 6 nitrogen and oxygen atoms in total. The lowest BCUT2D eigenvalue weighted by Crippen LogP contribution is -1.97. The fraction of sp³-hybridized carbons (Fsp3) is 0.200. The largest absolute Gasteiger partial charge is 0.480 e. The summed E-state index contributed by atoms with van der Waals surface area (Å²) in [5.41, 5.74) is 0.397. The van der Waals surface area contributed by atoms with Gasteiger partial charge in [0.1, 0.15) is 17.7 Å². The van der Waals surface area contributed by atoms with E-state index < -0.39 is 0 Å². The maximum absolute atomic E-state index is 8.60. The van der Waals surface area contributed by atoms with E-state index in [2.05, 4.69) is 9.97 Å². The van der Waals surface area contributed by atoms with E-state index in [9.17, 15) is 0 Å². The van der Waals surface area contributed by atoms with Crippen molar-refractivity contribution in [3.05, 3.63) is 17.3 Å². The number of hydrogen-bond acceptors (Lipinski definition) is 6. The van der Waals surface area contributed by atoms with Crippen molar-refractivity contribution in [1.82, 2.24) is 9.97 Å². The number of hydrogen-bond donors (Lipinski definition) is 0. The molecule has 0 aliphatic rings. The average molecular weight is 216 g/mol. The van der Waals surface area contributed by atoms with Crippen LogP contribution in [-0.2, 0) is 0 Å². The molecule has 0 saturated heterocycles. The molecule has 1 aromatic rings. The van der Waals surface area contributed by atoms with Gasteiger partial charge in [-0.15, -0.1) is 0 Å². The highest BCUT2D eigenvalue weighted by Crippen LogP contribution is 2.19. The fourth-order valence-corrected chi connectivity index (χ4v) is 0.966. The summed E-state index contributed by atoms with van der Waals surface area (Å²) >= 11 is 0. The number of allylic oxidation sites excluding steroid dienone is 1. The Morgan fingerprint density at radius 3 is 2.50 bits per heavy atom. The van der Waals surface area contributed by atoms with Crippen LogP contribution in [0.15, 0.2) is 11.8 Å². The van der Waals surface area contributed by atoms with Gasteiger partial charge in [-0.05, 0) is 6.08 Å². The van der Waals surface area contributed by atoms with Crippen molar-refractivity contribution in [2.24, 2.45) is 0 Å². The van der Waals surface area contributed by atoms with E-state index in [1.165, 1.54) is 26.5 Å². The number of rotatable bonds is 3. The molecule has 0 radical (unpaired) electrons. The summed E-state index contributed by atoms with van der Waals surface area (Å²) in [6.45, 7) is 0. The monoisotopic (exact) mass is 216 g/mol.